The lowest BCUT2D eigenvalue weighted by atomic mass is 10.0. The molecule has 0 aliphatic carbocycles. The summed E-state index contributed by atoms with van der Waals surface area (Å²) in [6.45, 7) is 5.80. The number of aryl methyl sites for hydroxylation is 1. The van der Waals surface area contributed by atoms with E-state index >= 15 is 0 Å². The van der Waals surface area contributed by atoms with Crippen LogP contribution in [0.5, 0.6) is 5.75 Å². The van der Waals surface area contributed by atoms with Crippen molar-refractivity contribution in [3.05, 3.63) is 29.8 Å². The SMILES string of the molecule is COC(=O)C(CC(C)C)NC(=O)COc1ccc(C)cc1. The molecule has 1 amide bonds. The molecule has 21 heavy (non-hydrogen) atoms. The van der Waals surface area contributed by atoms with Crippen LogP contribution in [0.1, 0.15) is 25.8 Å². The molecule has 1 aromatic rings. The van der Waals surface area contributed by atoms with Gasteiger partial charge in [-0.25, -0.2) is 4.79 Å². The Morgan fingerprint density at radius 3 is 2.33 bits per heavy atom. The van der Waals surface area contributed by atoms with Crippen molar-refractivity contribution in [2.45, 2.75) is 33.2 Å². The molecule has 0 saturated carbocycles. The Bertz CT molecular complexity index is 468. The van der Waals surface area contributed by atoms with Gasteiger partial charge in [-0.3, -0.25) is 4.79 Å². The third kappa shape index (κ3) is 6.29. The molecule has 0 aliphatic heterocycles. The number of carbonyl (C=O) groups is 2. The Morgan fingerprint density at radius 1 is 1.19 bits per heavy atom. The van der Waals surface area contributed by atoms with Crippen molar-refractivity contribution in [2.75, 3.05) is 13.7 Å². The van der Waals surface area contributed by atoms with Crippen LogP contribution in [-0.4, -0.2) is 31.6 Å². The highest BCUT2D eigenvalue weighted by molar-refractivity contribution is 5.85. The monoisotopic (exact) mass is 293 g/mol. The lowest BCUT2D eigenvalue weighted by Crippen LogP contribution is -2.44. The Hall–Kier alpha value is -2.04. The fourth-order valence-corrected chi connectivity index (χ4v) is 1.85. The Balaban J connectivity index is 2.49. The number of hydrogen-bond donors (Lipinski definition) is 1. The van der Waals surface area contributed by atoms with E-state index in [0.29, 0.717) is 12.2 Å². The molecule has 0 aromatic heterocycles. The van der Waals surface area contributed by atoms with Crippen LogP contribution >= 0.6 is 0 Å². The number of amides is 1. The Kier molecular flexibility index (Phi) is 6.72. The van der Waals surface area contributed by atoms with Gasteiger partial charge in [0.25, 0.3) is 5.91 Å². The molecule has 116 valence electrons. The minimum atomic E-state index is -0.635. The number of nitrogens with one attached hydrogen (secondary N) is 1. The minimum absolute atomic E-state index is 0.130. The summed E-state index contributed by atoms with van der Waals surface area (Å²) in [6, 6.07) is 6.78. The van der Waals surface area contributed by atoms with Gasteiger partial charge in [-0.15, -0.1) is 0 Å². The van der Waals surface area contributed by atoms with E-state index < -0.39 is 12.0 Å². The zero-order chi connectivity index (χ0) is 15.8. The molecule has 0 radical (unpaired) electrons. The highest BCUT2D eigenvalue weighted by Crippen LogP contribution is 2.11. The number of rotatable bonds is 7. The van der Waals surface area contributed by atoms with Gasteiger partial charge in [0.05, 0.1) is 7.11 Å². The molecule has 0 aliphatic rings. The lowest BCUT2D eigenvalue weighted by Gasteiger charge is -2.18. The minimum Gasteiger partial charge on any atom is -0.484 e. The summed E-state index contributed by atoms with van der Waals surface area (Å²) >= 11 is 0. The summed E-state index contributed by atoms with van der Waals surface area (Å²) in [6.07, 6.45) is 0.531. The topological polar surface area (TPSA) is 64.6 Å². The molecular formula is C16H23NO4. The van der Waals surface area contributed by atoms with Gasteiger partial charge in [-0.1, -0.05) is 31.5 Å². The second-order valence-electron chi connectivity index (χ2n) is 5.37. The van der Waals surface area contributed by atoms with E-state index in [0.717, 1.165) is 5.56 Å². The number of hydrogen-bond acceptors (Lipinski definition) is 4. The van der Waals surface area contributed by atoms with Gasteiger partial charge in [0.15, 0.2) is 6.61 Å². The largest absolute Gasteiger partial charge is 0.484 e. The van der Waals surface area contributed by atoms with Gasteiger partial charge in [0.1, 0.15) is 11.8 Å². The molecule has 0 bridgehead atoms. The first-order chi connectivity index (χ1) is 9.92. The van der Waals surface area contributed by atoms with Crippen LogP contribution in [0.25, 0.3) is 0 Å². The quantitative estimate of drug-likeness (QED) is 0.782. The third-order valence-electron chi connectivity index (χ3n) is 2.92. The number of methoxy groups -OCH3 is 1. The van der Waals surface area contributed by atoms with Crippen molar-refractivity contribution in [1.29, 1.82) is 0 Å². The normalized spacial score (nSPS) is 11.9. The van der Waals surface area contributed by atoms with Gasteiger partial charge in [-0.2, -0.15) is 0 Å². The molecule has 0 saturated heterocycles. The fraction of sp³-hybridized carbons (Fsp3) is 0.500. The summed E-state index contributed by atoms with van der Waals surface area (Å²) < 4.78 is 10.1. The van der Waals surface area contributed by atoms with Crippen molar-refractivity contribution in [3.8, 4) is 5.75 Å². The summed E-state index contributed by atoms with van der Waals surface area (Å²) in [4.78, 5) is 23.5. The molecule has 5 heteroatoms. The van der Waals surface area contributed by atoms with E-state index in [2.05, 4.69) is 5.32 Å². The first-order valence-corrected chi connectivity index (χ1v) is 6.99. The Labute approximate surface area is 125 Å². The first kappa shape index (κ1) is 17.0. The van der Waals surface area contributed by atoms with Crippen molar-refractivity contribution in [1.82, 2.24) is 5.32 Å². The summed E-state index contributed by atoms with van der Waals surface area (Å²) in [7, 11) is 1.31. The molecule has 0 spiro atoms. The Morgan fingerprint density at radius 2 is 1.81 bits per heavy atom. The van der Waals surface area contributed by atoms with Crippen molar-refractivity contribution in [3.63, 3.8) is 0 Å². The molecule has 0 fully saturated rings. The average Bonchev–Trinajstić information content (AvgIpc) is 2.44. The van der Waals surface area contributed by atoms with Gasteiger partial charge < -0.3 is 14.8 Å². The maximum absolute atomic E-state index is 11.9. The van der Waals surface area contributed by atoms with E-state index in [1.807, 2.05) is 32.9 Å². The standard InChI is InChI=1S/C16H23NO4/c1-11(2)9-14(16(19)20-4)17-15(18)10-21-13-7-5-12(3)6-8-13/h5-8,11,14H,9-10H2,1-4H3,(H,17,18). The van der Waals surface area contributed by atoms with Gasteiger partial charge in [0, 0.05) is 0 Å². The fourth-order valence-electron chi connectivity index (χ4n) is 1.85. The summed E-state index contributed by atoms with van der Waals surface area (Å²) in [5.41, 5.74) is 1.12. The predicted octanol–water partition coefficient (Wildman–Crippen LogP) is 2.08. The summed E-state index contributed by atoms with van der Waals surface area (Å²) in [5, 5.41) is 2.64. The van der Waals surface area contributed by atoms with Crippen LogP contribution in [0.4, 0.5) is 0 Å². The van der Waals surface area contributed by atoms with Crippen LogP contribution in [0.3, 0.4) is 0 Å². The molecule has 5 nitrogen and oxygen atoms in total. The zero-order valence-electron chi connectivity index (χ0n) is 13.0. The molecule has 1 aromatic carbocycles. The molecule has 1 N–H and O–H groups in total. The van der Waals surface area contributed by atoms with Crippen molar-refractivity contribution in [2.24, 2.45) is 5.92 Å². The molecule has 1 unspecified atom stereocenters. The number of ether oxygens (including phenoxy) is 2. The van der Waals surface area contributed by atoms with Crippen LogP contribution in [-0.2, 0) is 14.3 Å². The first-order valence-electron chi connectivity index (χ1n) is 6.99. The average molecular weight is 293 g/mol. The molecular weight excluding hydrogens is 270 g/mol. The van der Waals surface area contributed by atoms with E-state index in [1.54, 1.807) is 12.1 Å². The zero-order valence-corrected chi connectivity index (χ0v) is 13.0. The molecule has 0 heterocycles. The molecule has 1 atom stereocenters. The maximum Gasteiger partial charge on any atom is 0.328 e. The third-order valence-corrected chi connectivity index (χ3v) is 2.92. The lowest BCUT2D eigenvalue weighted by molar-refractivity contribution is -0.145. The highest BCUT2D eigenvalue weighted by atomic mass is 16.5. The summed E-state index contributed by atoms with van der Waals surface area (Å²) in [5.74, 6) is 0.112. The maximum atomic E-state index is 11.9. The number of esters is 1. The van der Waals surface area contributed by atoms with Crippen molar-refractivity contribution >= 4 is 11.9 Å². The smallest absolute Gasteiger partial charge is 0.328 e. The van der Waals surface area contributed by atoms with Gasteiger partial charge in [0.2, 0.25) is 0 Å². The number of benzene rings is 1. The van der Waals surface area contributed by atoms with E-state index in [-0.39, 0.29) is 18.4 Å². The number of carbonyl (C=O) groups excluding carboxylic acids is 2. The second kappa shape index (κ2) is 8.29. The molecule has 1 rings (SSSR count). The highest BCUT2D eigenvalue weighted by Gasteiger charge is 2.22. The van der Waals surface area contributed by atoms with Crippen LogP contribution < -0.4 is 10.1 Å². The predicted molar refractivity (Wildman–Crippen MR) is 80.1 cm³/mol. The van der Waals surface area contributed by atoms with E-state index in [9.17, 15) is 9.59 Å². The van der Waals surface area contributed by atoms with Crippen LogP contribution in [0.15, 0.2) is 24.3 Å². The van der Waals surface area contributed by atoms with E-state index in [1.165, 1.54) is 7.11 Å². The van der Waals surface area contributed by atoms with Crippen LogP contribution in [0.2, 0.25) is 0 Å². The second-order valence-corrected chi connectivity index (χ2v) is 5.37. The van der Waals surface area contributed by atoms with E-state index in [4.69, 9.17) is 9.47 Å². The van der Waals surface area contributed by atoms with Gasteiger partial charge in [-0.05, 0) is 31.4 Å². The van der Waals surface area contributed by atoms with Crippen LogP contribution in [0, 0.1) is 12.8 Å². The van der Waals surface area contributed by atoms with Gasteiger partial charge >= 0.3 is 5.97 Å². The van der Waals surface area contributed by atoms with Crippen molar-refractivity contribution < 1.29 is 19.1 Å².